The maximum absolute atomic E-state index is 8.81. The van der Waals surface area contributed by atoms with Gasteiger partial charge in [-0.1, -0.05) is 39.0 Å². The minimum Gasteiger partial charge on any atom is -0.198 e. The third kappa shape index (κ3) is 2.85. The lowest BCUT2D eigenvalue weighted by molar-refractivity contribution is 0.308. The molecular formula is C11H19N. The van der Waals surface area contributed by atoms with Crippen LogP contribution in [0.2, 0.25) is 0 Å². The first-order chi connectivity index (χ1) is 5.86. The quantitative estimate of drug-likeness (QED) is 0.627. The summed E-state index contributed by atoms with van der Waals surface area (Å²) in [7, 11) is 0. The molecule has 0 aromatic rings. The van der Waals surface area contributed by atoms with E-state index in [1.165, 1.54) is 32.1 Å². The molecule has 68 valence electrons. The smallest absolute Gasteiger partial charge is 0.0655 e. The number of nitrogens with zero attached hydrogens (tertiary/aromatic N) is 1. The predicted octanol–water partition coefficient (Wildman–Crippen LogP) is 3.51. The average Bonchev–Trinajstić information content (AvgIpc) is 2.16. The van der Waals surface area contributed by atoms with Crippen molar-refractivity contribution in [1.82, 2.24) is 0 Å². The van der Waals surface area contributed by atoms with Gasteiger partial charge in [0.15, 0.2) is 0 Å². The van der Waals surface area contributed by atoms with Crippen molar-refractivity contribution in [3.8, 4) is 6.07 Å². The predicted molar refractivity (Wildman–Crippen MR) is 50.6 cm³/mol. The van der Waals surface area contributed by atoms with Gasteiger partial charge < -0.3 is 0 Å². The molecule has 1 saturated carbocycles. The van der Waals surface area contributed by atoms with Gasteiger partial charge in [0, 0.05) is 5.92 Å². The van der Waals surface area contributed by atoms with E-state index in [2.05, 4.69) is 13.0 Å². The van der Waals surface area contributed by atoms with Crippen LogP contribution in [0.5, 0.6) is 0 Å². The van der Waals surface area contributed by atoms with Crippen molar-refractivity contribution in [3.05, 3.63) is 0 Å². The second-order valence-electron chi connectivity index (χ2n) is 3.97. The molecule has 0 aromatic carbocycles. The standard InChI is InChI=1S/C11H19N/c1-2-10(9-12)8-11-6-4-3-5-7-11/h10-11H,2-8H2,1H3. The molecule has 0 heterocycles. The van der Waals surface area contributed by atoms with Gasteiger partial charge in [-0.3, -0.25) is 0 Å². The highest BCUT2D eigenvalue weighted by molar-refractivity contribution is 4.84. The van der Waals surface area contributed by atoms with E-state index in [1.54, 1.807) is 0 Å². The summed E-state index contributed by atoms with van der Waals surface area (Å²) < 4.78 is 0. The van der Waals surface area contributed by atoms with Gasteiger partial charge in [-0.25, -0.2) is 0 Å². The Morgan fingerprint density at radius 2 is 2.00 bits per heavy atom. The van der Waals surface area contributed by atoms with Crippen LogP contribution in [0.4, 0.5) is 0 Å². The normalized spacial score (nSPS) is 21.7. The number of rotatable bonds is 3. The van der Waals surface area contributed by atoms with E-state index in [-0.39, 0.29) is 0 Å². The highest BCUT2D eigenvalue weighted by Gasteiger charge is 2.17. The molecule has 0 aliphatic heterocycles. The Kier molecular flexibility index (Phi) is 4.14. The minimum absolute atomic E-state index is 0.327. The zero-order valence-electron chi connectivity index (χ0n) is 8.05. The fourth-order valence-electron chi connectivity index (χ4n) is 2.14. The van der Waals surface area contributed by atoms with Crippen molar-refractivity contribution >= 4 is 0 Å². The van der Waals surface area contributed by atoms with E-state index in [9.17, 15) is 0 Å². The molecular weight excluding hydrogens is 146 g/mol. The van der Waals surface area contributed by atoms with Gasteiger partial charge in [0.1, 0.15) is 0 Å². The number of nitriles is 1. The topological polar surface area (TPSA) is 23.8 Å². The number of hydrogen-bond acceptors (Lipinski definition) is 1. The Balaban J connectivity index is 2.24. The van der Waals surface area contributed by atoms with Crippen LogP contribution in [0.1, 0.15) is 51.9 Å². The van der Waals surface area contributed by atoms with Gasteiger partial charge in [0.05, 0.1) is 6.07 Å². The van der Waals surface area contributed by atoms with Crippen LogP contribution < -0.4 is 0 Å². The molecule has 1 fully saturated rings. The van der Waals surface area contributed by atoms with Crippen molar-refractivity contribution in [2.45, 2.75) is 51.9 Å². The second-order valence-corrected chi connectivity index (χ2v) is 3.97. The first kappa shape index (κ1) is 9.58. The third-order valence-corrected chi connectivity index (χ3v) is 3.02. The summed E-state index contributed by atoms with van der Waals surface area (Å²) in [6, 6.07) is 2.40. The van der Waals surface area contributed by atoms with Crippen LogP contribution >= 0.6 is 0 Å². The van der Waals surface area contributed by atoms with Gasteiger partial charge in [0.2, 0.25) is 0 Å². The molecule has 1 heteroatoms. The maximum atomic E-state index is 8.81. The van der Waals surface area contributed by atoms with Gasteiger partial charge in [0.25, 0.3) is 0 Å². The highest BCUT2D eigenvalue weighted by Crippen LogP contribution is 2.29. The summed E-state index contributed by atoms with van der Waals surface area (Å²) in [4.78, 5) is 0. The maximum Gasteiger partial charge on any atom is 0.0655 e. The Bertz CT molecular complexity index is 151. The van der Waals surface area contributed by atoms with Crippen LogP contribution in [-0.4, -0.2) is 0 Å². The fourth-order valence-corrected chi connectivity index (χ4v) is 2.14. The van der Waals surface area contributed by atoms with Crippen molar-refractivity contribution < 1.29 is 0 Å². The molecule has 0 radical (unpaired) electrons. The molecule has 12 heavy (non-hydrogen) atoms. The first-order valence-corrected chi connectivity index (χ1v) is 5.26. The summed E-state index contributed by atoms with van der Waals surface area (Å²) in [5.74, 6) is 1.19. The number of hydrogen-bond donors (Lipinski definition) is 0. The lowest BCUT2D eigenvalue weighted by Gasteiger charge is -2.22. The Morgan fingerprint density at radius 3 is 2.50 bits per heavy atom. The van der Waals surface area contributed by atoms with Crippen LogP contribution in [0.3, 0.4) is 0 Å². The molecule has 0 N–H and O–H groups in total. The summed E-state index contributed by atoms with van der Waals surface area (Å²) >= 11 is 0. The van der Waals surface area contributed by atoms with Crippen molar-refractivity contribution in [3.63, 3.8) is 0 Å². The van der Waals surface area contributed by atoms with Crippen LogP contribution in [0, 0.1) is 23.2 Å². The fraction of sp³-hybridized carbons (Fsp3) is 0.909. The van der Waals surface area contributed by atoms with Crippen molar-refractivity contribution in [1.29, 1.82) is 5.26 Å². The summed E-state index contributed by atoms with van der Waals surface area (Å²) in [5, 5.41) is 8.81. The lowest BCUT2D eigenvalue weighted by atomic mass is 9.82. The molecule has 1 aliphatic carbocycles. The lowest BCUT2D eigenvalue weighted by Crippen LogP contribution is -2.10. The molecule has 1 atom stereocenters. The summed E-state index contributed by atoms with van der Waals surface area (Å²) in [6.07, 6.45) is 9.15. The molecule has 1 aliphatic rings. The average molecular weight is 165 g/mol. The van der Waals surface area contributed by atoms with Crippen molar-refractivity contribution in [2.24, 2.45) is 11.8 Å². The SMILES string of the molecule is CCC(C#N)CC1CCCCC1. The Morgan fingerprint density at radius 1 is 1.33 bits per heavy atom. The Labute approximate surface area is 75.8 Å². The minimum atomic E-state index is 0.327. The van der Waals surface area contributed by atoms with E-state index in [0.717, 1.165) is 18.8 Å². The van der Waals surface area contributed by atoms with Gasteiger partial charge in [-0.2, -0.15) is 5.26 Å². The molecule has 0 amide bonds. The van der Waals surface area contributed by atoms with E-state index in [1.807, 2.05) is 0 Å². The van der Waals surface area contributed by atoms with Crippen LogP contribution in [-0.2, 0) is 0 Å². The third-order valence-electron chi connectivity index (χ3n) is 3.02. The Hall–Kier alpha value is -0.510. The molecule has 1 rings (SSSR count). The molecule has 0 spiro atoms. The zero-order valence-corrected chi connectivity index (χ0v) is 8.05. The van der Waals surface area contributed by atoms with E-state index < -0.39 is 0 Å². The van der Waals surface area contributed by atoms with E-state index >= 15 is 0 Å². The molecule has 0 aromatic heterocycles. The van der Waals surface area contributed by atoms with Gasteiger partial charge in [-0.05, 0) is 18.8 Å². The molecule has 1 unspecified atom stereocenters. The summed E-state index contributed by atoms with van der Waals surface area (Å²) in [6.45, 7) is 2.12. The van der Waals surface area contributed by atoms with Gasteiger partial charge in [-0.15, -0.1) is 0 Å². The van der Waals surface area contributed by atoms with Crippen molar-refractivity contribution in [2.75, 3.05) is 0 Å². The monoisotopic (exact) mass is 165 g/mol. The van der Waals surface area contributed by atoms with E-state index in [0.29, 0.717) is 5.92 Å². The summed E-state index contributed by atoms with van der Waals surface area (Å²) in [5.41, 5.74) is 0. The van der Waals surface area contributed by atoms with Gasteiger partial charge >= 0.3 is 0 Å². The van der Waals surface area contributed by atoms with Crippen LogP contribution in [0.15, 0.2) is 0 Å². The van der Waals surface area contributed by atoms with Crippen LogP contribution in [0.25, 0.3) is 0 Å². The first-order valence-electron chi connectivity index (χ1n) is 5.26. The largest absolute Gasteiger partial charge is 0.198 e. The second kappa shape index (κ2) is 5.19. The highest BCUT2D eigenvalue weighted by atomic mass is 14.3. The van der Waals surface area contributed by atoms with E-state index in [4.69, 9.17) is 5.26 Å². The molecule has 0 saturated heterocycles. The zero-order chi connectivity index (χ0) is 8.81. The molecule has 1 nitrogen and oxygen atoms in total. The molecule has 0 bridgehead atoms.